The molecule has 0 saturated carbocycles. The summed E-state index contributed by atoms with van der Waals surface area (Å²) in [6, 6.07) is 11.6. The molecule has 4 aromatic rings. The van der Waals surface area contributed by atoms with Crippen LogP contribution in [-0.4, -0.2) is 25.1 Å². The van der Waals surface area contributed by atoms with Crippen LogP contribution in [0.5, 0.6) is 0 Å². The molecule has 2 aromatic heterocycles. The normalized spacial score (nSPS) is 12.1. The van der Waals surface area contributed by atoms with E-state index >= 15 is 0 Å². The zero-order valence-corrected chi connectivity index (χ0v) is 18.2. The van der Waals surface area contributed by atoms with E-state index in [1.807, 2.05) is 39.0 Å². The van der Waals surface area contributed by atoms with E-state index in [9.17, 15) is 14.0 Å². The van der Waals surface area contributed by atoms with Gasteiger partial charge in [-0.1, -0.05) is 19.1 Å². The molecule has 8 heteroatoms. The van der Waals surface area contributed by atoms with Gasteiger partial charge in [0.25, 0.3) is 0 Å². The third-order valence-electron chi connectivity index (χ3n) is 5.48. The Morgan fingerprint density at radius 2 is 1.91 bits per heavy atom. The number of aryl methyl sites for hydroxylation is 2. The highest BCUT2D eigenvalue weighted by molar-refractivity contribution is 5.91. The van der Waals surface area contributed by atoms with Crippen LogP contribution in [0.2, 0.25) is 0 Å². The summed E-state index contributed by atoms with van der Waals surface area (Å²) in [5, 5.41) is 11.1. The number of halogens is 1. The van der Waals surface area contributed by atoms with Crippen LogP contribution >= 0.6 is 0 Å². The maximum atomic E-state index is 13.5. The molecule has 164 valence electrons. The average Bonchev–Trinajstić information content (AvgIpc) is 3.14. The molecule has 4 rings (SSSR count). The Bertz CT molecular complexity index is 1360. The molecule has 1 amide bonds. The number of carbonyl (C=O) groups is 1. The minimum atomic E-state index is -0.427. The zero-order chi connectivity index (χ0) is 22.8. The average molecular weight is 433 g/mol. The van der Waals surface area contributed by atoms with Crippen molar-refractivity contribution >= 4 is 17.2 Å². The maximum absolute atomic E-state index is 13.5. The largest absolute Gasteiger partial charge is 0.326 e. The highest BCUT2D eigenvalue weighted by Crippen LogP contribution is 2.17. The van der Waals surface area contributed by atoms with Gasteiger partial charge in [0.15, 0.2) is 0 Å². The fourth-order valence-electron chi connectivity index (χ4n) is 3.63. The third kappa shape index (κ3) is 4.44. The van der Waals surface area contributed by atoms with Crippen molar-refractivity contribution in [2.24, 2.45) is 5.92 Å². The molecule has 0 aliphatic heterocycles. The lowest BCUT2D eigenvalue weighted by molar-refractivity contribution is -0.116. The van der Waals surface area contributed by atoms with Crippen molar-refractivity contribution < 1.29 is 9.18 Å². The first-order valence-electron chi connectivity index (χ1n) is 10.4. The van der Waals surface area contributed by atoms with Crippen molar-refractivity contribution in [2.75, 3.05) is 5.32 Å². The van der Waals surface area contributed by atoms with E-state index in [-0.39, 0.29) is 17.5 Å². The summed E-state index contributed by atoms with van der Waals surface area (Å²) in [4.78, 5) is 25.3. The number of hydrogen-bond acceptors (Lipinski definition) is 4. The number of fused-ring (bicyclic) bond motifs is 1. The van der Waals surface area contributed by atoms with Crippen LogP contribution in [0.15, 0.2) is 59.7 Å². The smallest absolute Gasteiger partial charge is 0.300 e. The molecular weight excluding hydrogens is 409 g/mol. The van der Waals surface area contributed by atoms with E-state index in [0.717, 1.165) is 11.3 Å². The van der Waals surface area contributed by atoms with Crippen LogP contribution in [0, 0.1) is 25.6 Å². The first kappa shape index (κ1) is 21.4. The van der Waals surface area contributed by atoms with E-state index < -0.39 is 11.4 Å². The second-order valence-corrected chi connectivity index (χ2v) is 8.12. The number of hydrogen-bond donors (Lipinski definition) is 1. The van der Waals surface area contributed by atoms with Gasteiger partial charge in [0.2, 0.25) is 11.6 Å². The van der Waals surface area contributed by atoms with Crippen LogP contribution < -0.4 is 10.9 Å². The molecule has 0 aliphatic rings. The molecule has 0 saturated heterocycles. The summed E-state index contributed by atoms with van der Waals surface area (Å²) in [7, 11) is 0. The quantitative estimate of drug-likeness (QED) is 0.501. The predicted octanol–water partition coefficient (Wildman–Crippen LogP) is 3.84. The first-order chi connectivity index (χ1) is 15.3. The van der Waals surface area contributed by atoms with Gasteiger partial charge in [0.05, 0.1) is 5.69 Å². The number of anilines is 1. The van der Waals surface area contributed by atoms with Gasteiger partial charge < -0.3 is 5.32 Å². The van der Waals surface area contributed by atoms with Crippen LogP contribution in [0.1, 0.15) is 30.3 Å². The molecule has 1 N–H and O–H groups in total. The molecule has 0 radical (unpaired) electrons. The molecule has 1 atom stereocenters. The summed E-state index contributed by atoms with van der Waals surface area (Å²) < 4.78 is 16.5. The van der Waals surface area contributed by atoms with Crippen molar-refractivity contribution in [3.05, 3.63) is 88.0 Å². The first-order valence-corrected chi connectivity index (χ1v) is 10.4. The molecule has 0 aliphatic carbocycles. The van der Waals surface area contributed by atoms with E-state index in [0.29, 0.717) is 24.4 Å². The standard InChI is InChI=1S/C24H24FN5O2/c1-15(12-22(31)26-19-8-7-16(2)17(3)13-19)11-21-27-28-23-24(32)29(9-10-30(21)23)20-6-4-5-18(25)14-20/h4-10,13-15H,11-12H2,1-3H3,(H,26,31)/t15-/m1/s1. The number of carbonyl (C=O) groups excluding carboxylic acids is 1. The van der Waals surface area contributed by atoms with Crippen molar-refractivity contribution in [1.29, 1.82) is 0 Å². The zero-order valence-electron chi connectivity index (χ0n) is 18.2. The monoisotopic (exact) mass is 433 g/mol. The molecule has 32 heavy (non-hydrogen) atoms. The fraction of sp³-hybridized carbons (Fsp3) is 0.250. The fourth-order valence-corrected chi connectivity index (χ4v) is 3.63. The Morgan fingerprint density at radius 1 is 1.09 bits per heavy atom. The Labute approximate surface area is 184 Å². The molecule has 0 spiro atoms. The van der Waals surface area contributed by atoms with Crippen molar-refractivity contribution in [3.8, 4) is 5.69 Å². The SMILES string of the molecule is Cc1ccc(NC(=O)C[C@H](C)Cc2nnc3c(=O)n(-c4cccc(F)c4)ccn23)cc1C. The number of amides is 1. The molecule has 2 aromatic carbocycles. The molecule has 0 fully saturated rings. The number of nitrogens with zero attached hydrogens (tertiary/aromatic N) is 4. The Balaban J connectivity index is 1.48. The summed E-state index contributed by atoms with van der Waals surface area (Å²) in [5.74, 6) is 0.0712. The van der Waals surface area contributed by atoms with Crippen molar-refractivity contribution in [1.82, 2.24) is 19.2 Å². The summed E-state index contributed by atoms with van der Waals surface area (Å²) in [6.07, 6.45) is 4.03. The Morgan fingerprint density at radius 3 is 2.66 bits per heavy atom. The Kier molecular flexibility index (Phi) is 5.85. The van der Waals surface area contributed by atoms with E-state index in [1.165, 1.54) is 22.3 Å². The topological polar surface area (TPSA) is 81.3 Å². The van der Waals surface area contributed by atoms with Gasteiger partial charge in [-0.15, -0.1) is 10.2 Å². The second kappa shape index (κ2) is 8.74. The molecule has 7 nitrogen and oxygen atoms in total. The lowest BCUT2D eigenvalue weighted by atomic mass is 10.0. The number of nitrogens with one attached hydrogen (secondary N) is 1. The maximum Gasteiger partial charge on any atom is 0.300 e. The van der Waals surface area contributed by atoms with Crippen LogP contribution in [0.25, 0.3) is 11.3 Å². The van der Waals surface area contributed by atoms with Gasteiger partial charge in [0.1, 0.15) is 11.6 Å². The minimum Gasteiger partial charge on any atom is -0.326 e. The van der Waals surface area contributed by atoms with Gasteiger partial charge in [-0.05, 0) is 61.2 Å². The van der Waals surface area contributed by atoms with Crippen molar-refractivity contribution in [2.45, 2.75) is 33.6 Å². The van der Waals surface area contributed by atoms with Gasteiger partial charge in [-0.2, -0.15) is 0 Å². The van der Waals surface area contributed by atoms with Gasteiger partial charge in [-0.25, -0.2) is 4.39 Å². The summed E-state index contributed by atoms with van der Waals surface area (Å²) in [6.45, 7) is 5.99. The summed E-state index contributed by atoms with van der Waals surface area (Å²) >= 11 is 0. The van der Waals surface area contributed by atoms with Crippen LogP contribution in [0.4, 0.5) is 10.1 Å². The lowest BCUT2D eigenvalue weighted by Gasteiger charge is -2.12. The number of rotatable bonds is 6. The lowest BCUT2D eigenvalue weighted by Crippen LogP contribution is -2.21. The van der Waals surface area contributed by atoms with Gasteiger partial charge in [-0.3, -0.25) is 18.6 Å². The molecular formula is C24H24FN5O2. The Hall–Kier alpha value is -3.81. The number of aromatic nitrogens is 4. The van der Waals surface area contributed by atoms with E-state index in [1.54, 1.807) is 28.9 Å². The third-order valence-corrected chi connectivity index (χ3v) is 5.48. The van der Waals surface area contributed by atoms with E-state index in [4.69, 9.17) is 0 Å². The van der Waals surface area contributed by atoms with Gasteiger partial charge >= 0.3 is 5.56 Å². The number of benzene rings is 2. The van der Waals surface area contributed by atoms with E-state index in [2.05, 4.69) is 15.5 Å². The molecule has 2 heterocycles. The van der Waals surface area contributed by atoms with Crippen LogP contribution in [-0.2, 0) is 11.2 Å². The predicted molar refractivity (Wildman–Crippen MR) is 121 cm³/mol. The van der Waals surface area contributed by atoms with Crippen molar-refractivity contribution in [3.63, 3.8) is 0 Å². The minimum absolute atomic E-state index is 0.0143. The summed E-state index contributed by atoms with van der Waals surface area (Å²) in [5.41, 5.74) is 3.24. The van der Waals surface area contributed by atoms with Gasteiger partial charge in [0, 0.05) is 30.9 Å². The molecule has 0 bridgehead atoms. The second-order valence-electron chi connectivity index (χ2n) is 8.12. The van der Waals surface area contributed by atoms with Crippen LogP contribution in [0.3, 0.4) is 0 Å². The molecule has 0 unspecified atom stereocenters. The highest BCUT2D eigenvalue weighted by atomic mass is 19.1. The highest BCUT2D eigenvalue weighted by Gasteiger charge is 2.16.